The SMILES string of the molecule is NN(C(=O)c1cccc(C(=O)O)c1)n1[nH]ccc1=O. The van der Waals surface area contributed by atoms with Crippen molar-refractivity contribution in [3.8, 4) is 0 Å². The molecule has 0 aliphatic rings. The molecule has 1 amide bonds. The van der Waals surface area contributed by atoms with Crippen LogP contribution in [0.25, 0.3) is 0 Å². The van der Waals surface area contributed by atoms with Crippen LogP contribution in [0, 0.1) is 0 Å². The van der Waals surface area contributed by atoms with Gasteiger partial charge < -0.3 is 5.11 Å². The number of aromatic carboxylic acids is 1. The lowest BCUT2D eigenvalue weighted by atomic mass is 10.1. The number of nitrogens with zero attached hydrogens (tertiary/aromatic N) is 2. The number of hydrazine groups is 1. The Morgan fingerprint density at radius 2 is 1.95 bits per heavy atom. The molecule has 0 radical (unpaired) electrons. The van der Waals surface area contributed by atoms with E-state index in [9.17, 15) is 14.4 Å². The van der Waals surface area contributed by atoms with Gasteiger partial charge in [-0.05, 0) is 18.2 Å². The second kappa shape index (κ2) is 4.78. The largest absolute Gasteiger partial charge is 0.478 e. The van der Waals surface area contributed by atoms with Gasteiger partial charge in [-0.25, -0.2) is 10.6 Å². The van der Waals surface area contributed by atoms with E-state index in [4.69, 9.17) is 10.9 Å². The number of nitrogens with one attached hydrogen (secondary N) is 1. The third-order valence-electron chi connectivity index (χ3n) is 2.41. The number of aromatic nitrogens is 2. The molecule has 0 aliphatic carbocycles. The van der Waals surface area contributed by atoms with Crippen LogP contribution in [0.2, 0.25) is 0 Å². The predicted molar refractivity (Wildman–Crippen MR) is 65.2 cm³/mol. The third-order valence-corrected chi connectivity index (χ3v) is 2.41. The zero-order chi connectivity index (χ0) is 14.0. The lowest BCUT2D eigenvalue weighted by Crippen LogP contribution is -2.51. The number of carboxylic acid groups (broad SMARTS) is 1. The molecular weight excluding hydrogens is 252 g/mol. The number of carboxylic acids is 1. The van der Waals surface area contributed by atoms with Crippen molar-refractivity contribution in [2.24, 2.45) is 5.84 Å². The van der Waals surface area contributed by atoms with E-state index in [1.807, 2.05) is 0 Å². The highest BCUT2D eigenvalue weighted by atomic mass is 16.4. The number of aromatic amines is 1. The maximum absolute atomic E-state index is 12.0. The summed E-state index contributed by atoms with van der Waals surface area (Å²) in [5.41, 5.74) is -0.493. The lowest BCUT2D eigenvalue weighted by Gasteiger charge is -2.16. The minimum Gasteiger partial charge on any atom is -0.478 e. The van der Waals surface area contributed by atoms with Crippen LogP contribution >= 0.6 is 0 Å². The first kappa shape index (κ1) is 12.6. The molecule has 8 heteroatoms. The fourth-order valence-electron chi connectivity index (χ4n) is 1.49. The van der Waals surface area contributed by atoms with Gasteiger partial charge in [-0.3, -0.25) is 14.7 Å². The Morgan fingerprint density at radius 1 is 1.26 bits per heavy atom. The first-order valence-electron chi connectivity index (χ1n) is 5.20. The summed E-state index contributed by atoms with van der Waals surface area (Å²) in [4.78, 5) is 34.9. The summed E-state index contributed by atoms with van der Waals surface area (Å²) >= 11 is 0. The van der Waals surface area contributed by atoms with E-state index in [2.05, 4.69) is 5.10 Å². The highest BCUT2D eigenvalue weighted by Crippen LogP contribution is 2.06. The van der Waals surface area contributed by atoms with Crippen LogP contribution < -0.4 is 16.5 Å². The van der Waals surface area contributed by atoms with E-state index in [1.54, 1.807) is 0 Å². The number of rotatable bonds is 3. The van der Waals surface area contributed by atoms with Crippen molar-refractivity contribution in [1.82, 2.24) is 9.89 Å². The van der Waals surface area contributed by atoms with E-state index < -0.39 is 17.4 Å². The molecule has 0 saturated heterocycles. The molecule has 1 heterocycles. The van der Waals surface area contributed by atoms with E-state index in [-0.39, 0.29) is 11.1 Å². The summed E-state index contributed by atoms with van der Waals surface area (Å²) in [6.07, 6.45) is 1.32. The number of H-pyrrole nitrogens is 1. The molecule has 0 unspecified atom stereocenters. The van der Waals surface area contributed by atoms with Crippen LogP contribution in [0.1, 0.15) is 20.7 Å². The highest BCUT2D eigenvalue weighted by molar-refractivity contribution is 6.02. The van der Waals surface area contributed by atoms with Gasteiger partial charge in [0.05, 0.1) is 5.56 Å². The second-order valence-corrected chi connectivity index (χ2v) is 3.65. The number of hydrogen-bond donors (Lipinski definition) is 3. The molecule has 19 heavy (non-hydrogen) atoms. The topological polar surface area (TPSA) is 121 Å². The number of benzene rings is 1. The summed E-state index contributed by atoms with van der Waals surface area (Å²) < 4.78 is 0. The minimum atomic E-state index is -1.16. The number of nitrogens with two attached hydrogens (primary N) is 1. The lowest BCUT2D eigenvalue weighted by molar-refractivity contribution is 0.0697. The molecule has 8 nitrogen and oxygen atoms in total. The van der Waals surface area contributed by atoms with Crippen molar-refractivity contribution in [2.75, 3.05) is 5.12 Å². The molecule has 2 rings (SSSR count). The Bertz CT molecular complexity index is 688. The minimum absolute atomic E-state index is 0.0434. The molecule has 1 aromatic heterocycles. The third kappa shape index (κ3) is 2.38. The van der Waals surface area contributed by atoms with Crippen LogP contribution in [-0.4, -0.2) is 26.9 Å². The van der Waals surface area contributed by atoms with Gasteiger partial charge in [0, 0.05) is 17.8 Å². The quantitative estimate of drug-likeness (QED) is 0.392. The Morgan fingerprint density at radius 3 is 2.53 bits per heavy atom. The molecule has 0 fully saturated rings. The van der Waals surface area contributed by atoms with Crippen molar-refractivity contribution in [3.63, 3.8) is 0 Å². The average Bonchev–Trinajstić information content (AvgIpc) is 2.83. The van der Waals surface area contributed by atoms with Gasteiger partial charge in [-0.1, -0.05) is 6.07 Å². The van der Waals surface area contributed by atoms with Crippen LogP contribution in [0.3, 0.4) is 0 Å². The fraction of sp³-hybridized carbons (Fsp3) is 0. The molecule has 98 valence electrons. The van der Waals surface area contributed by atoms with Crippen LogP contribution in [0.4, 0.5) is 0 Å². The average molecular weight is 262 g/mol. The van der Waals surface area contributed by atoms with E-state index >= 15 is 0 Å². The number of carbonyl (C=O) groups excluding carboxylic acids is 1. The molecule has 0 aliphatic heterocycles. The number of amides is 1. The molecule has 0 bridgehead atoms. The smallest absolute Gasteiger partial charge is 0.335 e. The van der Waals surface area contributed by atoms with Gasteiger partial charge >= 0.3 is 5.97 Å². The van der Waals surface area contributed by atoms with Crippen LogP contribution in [0.15, 0.2) is 41.3 Å². The predicted octanol–water partition coefficient (Wildman–Crippen LogP) is -0.473. The Hall–Kier alpha value is -2.87. The van der Waals surface area contributed by atoms with Crippen molar-refractivity contribution in [2.45, 2.75) is 0 Å². The number of hydrogen-bond acceptors (Lipinski definition) is 4. The van der Waals surface area contributed by atoms with Crippen molar-refractivity contribution < 1.29 is 14.7 Å². The summed E-state index contributed by atoms with van der Waals surface area (Å²) in [6, 6.07) is 6.55. The van der Waals surface area contributed by atoms with Crippen molar-refractivity contribution in [3.05, 3.63) is 58.0 Å². The molecular formula is C11H10N4O4. The Kier molecular flexibility index (Phi) is 3.17. The van der Waals surface area contributed by atoms with E-state index in [0.29, 0.717) is 5.12 Å². The summed E-state index contributed by atoms with van der Waals surface area (Å²) in [7, 11) is 0. The van der Waals surface area contributed by atoms with Gasteiger partial charge in [0.15, 0.2) is 0 Å². The zero-order valence-electron chi connectivity index (χ0n) is 9.61. The monoisotopic (exact) mass is 262 g/mol. The molecule has 2 aromatic rings. The standard InChI is InChI=1S/C11H10N4O4/c12-14(15-9(16)4-5-13-15)10(17)7-2-1-3-8(6-7)11(18)19/h1-6,13H,12H2,(H,18,19). The number of carbonyl (C=O) groups is 2. The van der Waals surface area contributed by atoms with Gasteiger partial charge in [0.25, 0.3) is 11.5 Å². The molecule has 0 atom stereocenters. The molecule has 1 aromatic carbocycles. The summed E-state index contributed by atoms with van der Waals surface area (Å²) in [5, 5.41) is 11.9. The van der Waals surface area contributed by atoms with Gasteiger partial charge in [-0.15, -0.1) is 4.79 Å². The normalized spacial score (nSPS) is 10.2. The fourth-order valence-corrected chi connectivity index (χ4v) is 1.49. The maximum atomic E-state index is 12.0. The van der Waals surface area contributed by atoms with E-state index in [1.165, 1.54) is 36.5 Å². The molecule has 0 spiro atoms. The van der Waals surface area contributed by atoms with Crippen LogP contribution in [-0.2, 0) is 0 Å². The van der Waals surface area contributed by atoms with Gasteiger partial charge in [-0.2, -0.15) is 5.12 Å². The Labute approximate surface area is 106 Å². The summed E-state index contributed by atoms with van der Waals surface area (Å²) in [5.74, 6) is 3.64. The zero-order valence-corrected chi connectivity index (χ0v) is 9.61. The molecule has 0 saturated carbocycles. The van der Waals surface area contributed by atoms with Crippen molar-refractivity contribution in [1.29, 1.82) is 0 Å². The van der Waals surface area contributed by atoms with E-state index in [0.717, 1.165) is 4.79 Å². The first-order chi connectivity index (χ1) is 9.00. The second-order valence-electron chi connectivity index (χ2n) is 3.65. The van der Waals surface area contributed by atoms with Gasteiger partial charge in [0.2, 0.25) is 0 Å². The molecule has 4 N–H and O–H groups in total. The van der Waals surface area contributed by atoms with Gasteiger partial charge in [0.1, 0.15) is 0 Å². The maximum Gasteiger partial charge on any atom is 0.335 e. The summed E-state index contributed by atoms with van der Waals surface area (Å²) in [6.45, 7) is 0. The first-order valence-corrected chi connectivity index (χ1v) is 5.20. The Balaban J connectivity index is 2.34. The van der Waals surface area contributed by atoms with Crippen molar-refractivity contribution >= 4 is 11.9 Å². The highest BCUT2D eigenvalue weighted by Gasteiger charge is 2.17. The van der Waals surface area contributed by atoms with Crippen LogP contribution in [0.5, 0.6) is 0 Å².